The van der Waals surface area contributed by atoms with Gasteiger partial charge in [-0.3, -0.25) is 4.79 Å². The van der Waals surface area contributed by atoms with Gasteiger partial charge in [-0.15, -0.1) is 0 Å². The van der Waals surface area contributed by atoms with Gasteiger partial charge >= 0.3 is 0 Å². The number of ketones is 1. The molecule has 0 heterocycles. The SMILES string of the molecule is C=C(CC#CC(=O)c1ccc(OC)cc1)c1ccc(Cl)cc1. The van der Waals surface area contributed by atoms with Crippen LogP contribution in [0, 0.1) is 11.8 Å². The number of carbonyl (C=O) groups excluding carboxylic acids is 1. The molecule has 110 valence electrons. The average Bonchev–Trinajstić information content (AvgIpc) is 2.55. The Labute approximate surface area is 135 Å². The molecule has 22 heavy (non-hydrogen) atoms. The first-order valence-corrected chi connectivity index (χ1v) is 7.09. The molecule has 0 aliphatic carbocycles. The van der Waals surface area contributed by atoms with E-state index in [1.54, 1.807) is 43.5 Å². The lowest BCUT2D eigenvalue weighted by molar-refractivity contribution is 0.105. The zero-order valence-electron chi connectivity index (χ0n) is 12.2. The molecule has 3 heteroatoms. The third kappa shape index (κ3) is 4.25. The van der Waals surface area contributed by atoms with Gasteiger partial charge in [0, 0.05) is 17.0 Å². The van der Waals surface area contributed by atoms with Gasteiger partial charge in [-0.25, -0.2) is 0 Å². The maximum Gasteiger partial charge on any atom is 0.235 e. The molecule has 0 saturated heterocycles. The highest BCUT2D eigenvalue weighted by Crippen LogP contribution is 2.18. The first kappa shape index (κ1) is 15.9. The number of rotatable bonds is 4. The fourth-order valence-corrected chi connectivity index (χ4v) is 1.96. The fourth-order valence-electron chi connectivity index (χ4n) is 1.83. The molecule has 0 aliphatic heterocycles. The Morgan fingerprint density at radius 2 is 1.68 bits per heavy atom. The summed E-state index contributed by atoms with van der Waals surface area (Å²) in [6, 6.07) is 14.3. The summed E-state index contributed by atoms with van der Waals surface area (Å²) >= 11 is 5.84. The highest BCUT2D eigenvalue weighted by Gasteiger charge is 2.02. The Hall–Kier alpha value is -2.50. The van der Waals surface area contributed by atoms with Crippen LogP contribution in [0.1, 0.15) is 22.3 Å². The Morgan fingerprint density at radius 1 is 1.09 bits per heavy atom. The Balaban J connectivity index is 1.99. The van der Waals surface area contributed by atoms with Gasteiger partial charge in [0.05, 0.1) is 7.11 Å². The third-order valence-electron chi connectivity index (χ3n) is 3.11. The second-order valence-corrected chi connectivity index (χ2v) is 5.08. The molecule has 0 spiro atoms. The highest BCUT2D eigenvalue weighted by atomic mass is 35.5. The van der Waals surface area contributed by atoms with E-state index in [9.17, 15) is 4.79 Å². The van der Waals surface area contributed by atoms with E-state index in [0.717, 1.165) is 11.1 Å². The Morgan fingerprint density at radius 3 is 2.27 bits per heavy atom. The summed E-state index contributed by atoms with van der Waals surface area (Å²) < 4.78 is 5.05. The maximum atomic E-state index is 11.9. The van der Waals surface area contributed by atoms with Crippen molar-refractivity contribution in [3.63, 3.8) is 0 Å². The summed E-state index contributed by atoms with van der Waals surface area (Å²) in [6.45, 7) is 3.97. The number of hydrogen-bond acceptors (Lipinski definition) is 2. The van der Waals surface area contributed by atoms with Crippen LogP contribution in [0.3, 0.4) is 0 Å². The van der Waals surface area contributed by atoms with Gasteiger partial charge in [-0.1, -0.05) is 36.2 Å². The van der Waals surface area contributed by atoms with E-state index < -0.39 is 0 Å². The predicted octanol–water partition coefficient (Wildman–Crippen LogP) is 4.64. The molecule has 2 aromatic rings. The van der Waals surface area contributed by atoms with Gasteiger partial charge in [0.25, 0.3) is 0 Å². The summed E-state index contributed by atoms with van der Waals surface area (Å²) in [7, 11) is 1.58. The number of benzene rings is 2. The normalized spacial score (nSPS) is 9.55. The number of methoxy groups -OCH3 is 1. The molecule has 0 fully saturated rings. The standard InChI is InChI=1S/C19H15ClO2/c1-14(15-6-10-17(20)11-7-15)4-3-5-19(21)16-8-12-18(22-2)13-9-16/h6-13H,1,4H2,2H3. The van der Waals surface area contributed by atoms with Gasteiger partial charge in [-0.05, 0) is 53.5 Å². The third-order valence-corrected chi connectivity index (χ3v) is 3.36. The van der Waals surface area contributed by atoms with Gasteiger partial charge in [0.1, 0.15) is 5.75 Å². The van der Waals surface area contributed by atoms with Crippen molar-refractivity contribution in [3.8, 4) is 17.6 Å². The van der Waals surface area contributed by atoms with E-state index in [1.807, 2.05) is 12.1 Å². The van der Waals surface area contributed by atoms with Crippen LogP contribution in [0.15, 0.2) is 55.1 Å². The molecule has 2 aromatic carbocycles. The quantitative estimate of drug-likeness (QED) is 0.467. The van der Waals surface area contributed by atoms with E-state index in [2.05, 4.69) is 18.4 Å². The van der Waals surface area contributed by atoms with E-state index in [4.69, 9.17) is 16.3 Å². The largest absolute Gasteiger partial charge is 0.497 e. The highest BCUT2D eigenvalue weighted by molar-refractivity contribution is 6.30. The van der Waals surface area contributed by atoms with Crippen LogP contribution in [-0.2, 0) is 0 Å². The first-order chi connectivity index (χ1) is 10.6. The van der Waals surface area contributed by atoms with Crippen molar-refractivity contribution < 1.29 is 9.53 Å². The molecule has 0 N–H and O–H groups in total. The summed E-state index contributed by atoms with van der Waals surface area (Å²) in [4.78, 5) is 11.9. The number of hydrogen-bond donors (Lipinski definition) is 0. The molecule has 0 atom stereocenters. The molecule has 0 aliphatic rings. The van der Waals surface area contributed by atoms with E-state index in [0.29, 0.717) is 22.8 Å². The van der Waals surface area contributed by atoms with Gasteiger partial charge in [0.15, 0.2) is 0 Å². The zero-order chi connectivity index (χ0) is 15.9. The smallest absolute Gasteiger partial charge is 0.235 e. The Kier molecular flexibility index (Phi) is 5.41. The first-order valence-electron chi connectivity index (χ1n) is 6.71. The predicted molar refractivity (Wildman–Crippen MR) is 90.2 cm³/mol. The molecule has 2 rings (SSSR count). The van der Waals surface area contributed by atoms with Crippen LogP contribution in [0.25, 0.3) is 5.57 Å². The summed E-state index contributed by atoms with van der Waals surface area (Å²) in [5, 5.41) is 0.678. The molecule has 0 saturated carbocycles. The van der Waals surface area contributed by atoms with E-state index in [1.165, 1.54) is 0 Å². The molecular formula is C19H15ClO2. The van der Waals surface area contributed by atoms with Crippen LogP contribution in [-0.4, -0.2) is 12.9 Å². The van der Waals surface area contributed by atoms with Crippen LogP contribution in [0.2, 0.25) is 5.02 Å². The van der Waals surface area contributed by atoms with Gasteiger partial charge < -0.3 is 4.74 Å². The topological polar surface area (TPSA) is 26.3 Å². The van der Waals surface area contributed by atoms with Crippen LogP contribution in [0.5, 0.6) is 5.75 Å². The van der Waals surface area contributed by atoms with Crippen molar-refractivity contribution in [2.24, 2.45) is 0 Å². The van der Waals surface area contributed by atoms with E-state index >= 15 is 0 Å². The lowest BCUT2D eigenvalue weighted by Crippen LogP contribution is -1.95. The minimum atomic E-state index is -0.216. The lowest BCUT2D eigenvalue weighted by Gasteiger charge is -2.01. The molecular weight excluding hydrogens is 296 g/mol. The fraction of sp³-hybridized carbons (Fsp3) is 0.105. The number of allylic oxidation sites excluding steroid dienone is 1. The number of Topliss-reactive ketones (excluding diaryl/α,β-unsaturated/α-hetero) is 1. The van der Waals surface area contributed by atoms with E-state index in [-0.39, 0.29) is 5.78 Å². The summed E-state index contributed by atoms with van der Waals surface area (Å²) in [5.74, 6) is 5.99. The van der Waals surface area contributed by atoms with Crippen molar-refractivity contribution in [1.29, 1.82) is 0 Å². The molecule has 0 amide bonds. The number of ether oxygens (including phenoxy) is 1. The number of halogens is 1. The molecule has 0 bridgehead atoms. The second-order valence-electron chi connectivity index (χ2n) is 4.65. The second kappa shape index (κ2) is 7.49. The maximum absolute atomic E-state index is 11.9. The van der Waals surface area contributed by atoms with Crippen molar-refractivity contribution >= 4 is 23.0 Å². The summed E-state index contributed by atoms with van der Waals surface area (Å²) in [5.41, 5.74) is 2.37. The van der Waals surface area contributed by atoms with Crippen molar-refractivity contribution in [1.82, 2.24) is 0 Å². The molecule has 0 radical (unpaired) electrons. The van der Waals surface area contributed by atoms with Gasteiger partial charge in [0.2, 0.25) is 5.78 Å². The molecule has 0 unspecified atom stereocenters. The van der Waals surface area contributed by atoms with Crippen molar-refractivity contribution in [3.05, 3.63) is 71.3 Å². The van der Waals surface area contributed by atoms with Crippen molar-refractivity contribution in [2.45, 2.75) is 6.42 Å². The van der Waals surface area contributed by atoms with Crippen LogP contribution >= 0.6 is 11.6 Å². The monoisotopic (exact) mass is 310 g/mol. The zero-order valence-corrected chi connectivity index (χ0v) is 13.0. The lowest BCUT2D eigenvalue weighted by atomic mass is 10.0. The minimum Gasteiger partial charge on any atom is -0.497 e. The van der Waals surface area contributed by atoms with Crippen molar-refractivity contribution in [2.75, 3.05) is 7.11 Å². The Bertz CT molecular complexity index is 732. The van der Waals surface area contributed by atoms with Crippen LogP contribution < -0.4 is 4.74 Å². The minimum absolute atomic E-state index is 0.216. The van der Waals surface area contributed by atoms with Crippen LogP contribution in [0.4, 0.5) is 0 Å². The number of carbonyl (C=O) groups is 1. The average molecular weight is 311 g/mol. The molecule has 2 nitrogen and oxygen atoms in total. The molecule has 0 aromatic heterocycles. The summed E-state index contributed by atoms with van der Waals surface area (Å²) in [6.07, 6.45) is 0.434. The van der Waals surface area contributed by atoms with Gasteiger partial charge in [-0.2, -0.15) is 0 Å².